The van der Waals surface area contributed by atoms with Crippen LogP contribution in [0.4, 0.5) is 0 Å². The van der Waals surface area contributed by atoms with E-state index in [0.29, 0.717) is 17.9 Å². The Morgan fingerprint density at radius 3 is 2.41 bits per heavy atom. The molecule has 1 aromatic carbocycles. The van der Waals surface area contributed by atoms with Crippen molar-refractivity contribution in [1.82, 2.24) is 9.47 Å². The van der Waals surface area contributed by atoms with Gasteiger partial charge in [-0.05, 0) is 67.6 Å². The highest BCUT2D eigenvalue weighted by molar-refractivity contribution is 6.08. The van der Waals surface area contributed by atoms with Crippen LogP contribution in [0.2, 0.25) is 0 Å². The van der Waals surface area contributed by atoms with Gasteiger partial charge in [0.2, 0.25) is 5.91 Å². The van der Waals surface area contributed by atoms with Crippen molar-refractivity contribution in [3.05, 3.63) is 35.0 Å². The molecular weight excluding hydrogens is 460 g/mol. The third-order valence-corrected chi connectivity index (χ3v) is 9.47. The number of benzene rings is 1. The molecule has 0 unspecified atom stereocenters. The van der Waals surface area contributed by atoms with E-state index in [2.05, 4.69) is 26.0 Å². The van der Waals surface area contributed by atoms with Gasteiger partial charge in [-0.15, -0.1) is 0 Å². The number of aryl methyl sites for hydroxylation is 1. The van der Waals surface area contributed by atoms with E-state index in [9.17, 15) is 14.4 Å². The van der Waals surface area contributed by atoms with E-state index in [1.165, 1.54) is 49.7 Å². The van der Waals surface area contributed by atoms with Crippen molar-refractivity contribution in [3.63, 3.8) is 0 Å². The SMILES string of the molecule is CCC(=O)[C@@H]1C[C@]23CCCCCCCCCc4cc(C(C)C)cc5c(C(C)=O)cn(c45)CC(=O)N1[C@@H]2C3. The van der Waals surface area contributed by atoms with Crippen LogP contribution in [0.15, 0.2) is 18.3 Å². The summed E-state index contributed by atoms with van der Waals surface area (Å²) >= 11 is 0. The minimum absolute atomic E-state index is 0.0337. The second-order valence-corrected chi connectivity index (χ2v) is 12.4. The van der Waals surface area contributed by atoms with Gasteiger partial charge in [-0.25, -0.2) is 0 Å². The minimum atomic E-state index is -0.281. The number of Topliss-reactive ketones (excluding diaryl/α,β-unsaturated/α-hetero) is 2. The highest BCUT2D eigenvalue weighted by atomic mass is 16.2. The van der Waals surface area contributed by atoms with Crippen LogP contribution in [0.1, 0.15) is 126 Å². The lowest BCUT2D eigenvalue weighted by molar-refractivity contribution is -0.139. The van der Waals surface area contributed by atoms with Crippen molar-refractivity contribution in [2.24, 2.45) is 5.41 Å². The molecule has 2 bridgehead atoms. The lowest BCUT2D eigenvalue weighted by Gasteiger charge is -2.27. The van der Waals surface area contributed by atoms with Crippen LogP contribution in [-0.2, 0) is 22.6 Å². The Morgan fingerprint density at radius 1 is 1.03 bits per heavy atom. The first-order chi connectivity index (χ1) is 17.8. The predicted octanol–water partition coefficient (Wildman–Crippen LogP) is 6.98. The molecule has 2 aromatic rings. The van der Waals surface area contributed by atoms with E-state index in [0.717, 1.165) is 43.0 Å². The van der Waals surface area contributed by atoms with Crippen molar-refractivity contribution < 1.29 is 14.4 Å². The van der Waals surface area contributed by atoms with Crippen LogP contribution >= 0.6 is 0 Å². The number of hydrogen-bond acceptors (Lipinski definition) is 3. The summed E-state index contributed by atoms with van der Waals surface area (Å²) in [6.45, 7) is 8.12. The molecule has 1 aromatic heterocycles. The average Bonchev–Trinajstić information content (AvgIpc) is 3.27. The molecule has 200 valence electrons. The van der Waals surface area contributed by atoms with Gasteiger partial charge >= 0.3 is 0 Å². The van der Waals surface area contributed by atoms with Crippen LogP contribution in [-0.4, -0.2) is 39.0 Å². The normalized spacial score (nSPS) is 26.8. The quantitative estimate of drug-likeness (QED) is 0.422. The lowest BCUT2D eigenvalue weighted by atomic mass is 9.90. The maximum Gasteiger partial charge on any atom is 0.243 e. The van der Waals surface area contributed by atoms with Crippen molar-refractivity contribution in [2.75, 3.05) is 0 Å². The smallest absolute Gasteiger partial charge is 0.243 e. The topological polar surface area (TPSA) is 59.4 Å². The number of piperidine rings is 1. The van der Waals surface area contributed by atoms with Gasteiger partial charge in [-0.2, -0.15) is 0 Å². The van der Waals surface area contributed by atoms with E-state index >= 15 is 0 Å². The number of carbonyl (C=O) groups excluding carboxylic acids is 3. The third-order valence-electron chi connectivity index (χ3n) is 9.47. The Bertz CT molecular complexity index is 1210. The summed E-state index contributed by atoms with van der Waals surface area (Å²) in [6.07, 6.45) is 15.0. The summed E-state index contributed by atoms with van der Waals surface area (Å²) < 4.78 is 2.03. The van der Waals surface area contributed by atoms with Crippen LogP contribution in [0.25, 0.3) is 10.9 Å². The summed E-state index contributed by atoms with van der Waals surface area (Å²) in [4.78, 5) is 41.6. The number of ketones is 2. The Kier molecular flexibility index (Phi) is 7.35. The largest absolute Gasteiger partial charge is 0.337 e. The molecule has 0 N–H and O–H groups in total. The van der Waals surface area contributed by atoms with Crippen LogP contribution in [0, 0.1) is 5.41 Å². The fourth-order valence-corrected chi connectivity index (χ4v) is 7.25. The number of hydrogen-bond donors (Lipinski definition) is 0. The Morgan fingerprint density at radius 2 is 1.73 bits per heavy atom. The van der Waals surface area contributed by atoms with Gasteiger partial charge < -0.3 is 9.47 Å². The van der Waals surface area contributed by atoms with Crippen molar-refractivity contribution in [1.29, 1.82) is 0 Å². The third kappa shape index (κ3) is 4.91. The number of nitrogens with zero attached hydrogens (tertiary/aromatic N) is 2. The summed E-state index contributed by atoms with van der Waals surface area (Å²) in [6, 6.07) is 4.39. The fourth-order valence-electron chi connectivity index (χ4n) is 7.25. The van der Waals surface area contributed by atoms with E-state index in [1.54, 1.807) is 6.92 Å². The number of aromatic nitrogens is 1. The average molecular weight is 505 g/mol. The zero-order chi connectivity index (χ0) is 26.3. The molecule has 0 radical (unpaired) electrons. The van der Waals surface area contributed by atoms with Gasteiger partial charge in [-0.1, -0.05) is 65.4 Å². The van der Waals surface area contributed by atoms with Gasteiger partial charge in [0.1, 0.15) is 6.54 Å². The molecule has 3 aliphatic rings. The molecule has 1 saturated carbocycles. The lowest BCUT2D eigenvalue weighted by Crippen LogP contribution is -2.44. The minimum Gasteiger partial charge on any atom is -0.337 e. The first kappa shape index (κ1) is 26.2. The molecule has 3 atom stereocenters. The van der Waals surface area contributed by atoms with Crippen LogP contribution < -0.4 is 0 Å². The molecule has 2 fully saturated rings. The molecule has 5 heteroatoms. The number of carbonyl (C=O) groups is 3. The molecule has 3 heterocycles. The molecule has 1 amide bonds. The molecule has 5 nitrogen and oxygen atoms in total. The summed E-state index contributed by atoms with van der Waals surface area (Å²) in [7, 11) is 0. The molecular formula is C32H44N2O3. The molecule has 1 saturated heterocycles. The van der Waals surface area contributed by atoms with E-state index < -0.39 is 0 Å². The monoisotopic (exact) mass is 504 g/mol. The molecule has 0 spiro atoms. The number of rotatable bonds is 4. The Labute approximate surface area is 222 Å². The molecule has 2 aliphatic heterocycles. The summed E-state index contributed by atoms with van der Waals surface area (Å²) in [5.74, 6) is 0.624. The zero-order valence-corrected chi connectivity index (χ0v) is 23.3. The van der Waals surface area contributed by atoms with E-state index in [1.807, 2.05) is 22.6 Å². The maximum atomic E-state index is 14.0. The van der Waals surface area contributed by atoms with Gasteiger partial charge in [-0.3, -0.25) is 14.4 Å². The Balaban J connectivity index is 1.57. The predicted molar refractivity (Wildman–Crippen MR) is 148 cm³/mol. The van der Waals surface area contributed by atoms with Gasteiger partial charge in [0, 0.05) is 29.6 Å². The first-order valence-electron chi connectivity index (χ1n) is 14.8. The van der Waals surface area contributed by atoms with Gasteiger partial charge in [0.05, 0.1) is 11.6 Å². The Hall–Kier alpha value is -2.43. The van der Waals surface area contributed by atoms with E-state index in [4.69, 9.17) is 0 Å². The fraction of sp³-hybridized carbons (Fsp3) is 0.656. The maximum absolute atomic E-state index is 14.0. The van der Waals surface area contributed by atoms with Crippen molar-refractivity contribution >= 4 is 28.4 Å². The van der Waals surface area contributed by atoms with Crippen LogP contribution in [0.3, 0.4) is 0 Å². The second-order valence-electron chi connectivity index (χ2n) is 12.4. The molecule has 37 heavy (non-hydrogen) atoms. The van der Waals surface area contributed by atoms with E-state index in [-0.39, 0.29) is 41.5 Å². The first-order valence-corrected chi connectivity index (χ1v) is 14.8. The zero-order valence-electron chi connectivity index (χ0n) is 23.3. The molecule has 1 aliphatic carbocycles. The highest BCUT2D eigenvalue weighted by Crippen LogP contribution is 2.62. The van der Waals surface area contributed by atoms with Crippen LogP contribution in [0.5, 0.6) is 0 Å². The standard InChI is InChI=1S/C32H44N2O3/c1-5-28(36)27-17-32-14-12-10-8-6-7-9-11-13-23-15-24(21(2)3)16-25-26(22(4)35)19-33(31(23)25)20-30(37)34(27)29(32)18-32/h15-16,19,21,27,29H,5-14,17-18,20H2,1-4H3/t27-,29+,32-/m0/s1. The second kappa shape index (κ2) is 10.4. The number of amides is 1. The van der Waals surface area contributed by atoms with Crippen molar-refractivity contribution in [2.45, 2.75) is 129 Å². The van der Waals surface area contributed by atoms with Gasteiger partial charge in [0.25, 0.3) is 0 Å². The summed E-state index contributed by atoms with van der Waals surface area (Å²) in [5.41, 5.74) is 4.38. The van der Waals surface area contributed by atoms with Gasteiger partial charge in [0.15, 0.2) is 11.6 Å². The highest BCUT2D eigenvalue weighted by Gasteiger charge is 2.65. The molecule has 5 rings (SSSR count). The summed E-state index contributed by atoms with van der Waals surface area (Å²) in [5, 5.41) is 0.975. The van der Waals surface area contributed by atoms with Crippen molar-refractivity contribution in [3.8, 4) is 0 Å².